The minimum absolute atomic E-state index is 0.0500. The van der Waals surface area contributed by atoms with Crippen molar-refractivity contribution in [2.75, 3.05) is 38.0 Å². The predicted octanol–water partition coefficient (Wildman–Crippen LogP) is 2.69. The van der Waals surface area contributed by atoms with Gasteiger partial charge < -0.3 is 20.3 Å². The number of methoxy groups -OCH3 is 1. The lowest BCUT2D eigenvalue weighted by Crippen LogP contribution is -2.29. The highest BCUT2D eigenvalue weighted by Gasteiger charge is 2.47. The van der Waals surface area contributed by atoms with E-state index in [4.69, 9.17) is 4.74 Å². The van der Waals surface area contributed by atoms with E-state index in [1.807, 2.05) is 67.5 Å². The number of carbonyl (C=O) groups is 2. The van der Waals surface area contributed by atoms with Crippen molar-refractivity contribution in [2.24, 2.45) is 11.8 Å². The van der Waals surface area contributed by atoms with Gasteiger partial charge in [-0.25, -0.2) is 0 Å². The first-order valence-corrected chi connectivity index (χ1v) is 9.47. The van der Waals surface area contributed by atoms with Crippen molar-refractivity contribution in [2.45, 2.75) is 12.8 Å². The van der Waals surface area contributed by atoms with Gasteiger partial charge in [0.2, 0.25) is 11.8 Å². The van der Waals surface area contributed by atoms with Crippen molar-refractivity contribution in [1.29, 1.82) is 0 Å². The van der Waals surface area contributed by atoms with Crippen molar-refractivity contribution in [1.82, 2.24) is 5.32 Å². The fraction of sp³-hybridized carbons (Fsp3) is 0.364. The monoisotopic (exact) mass is 381 g/mol. The number of benzene rings is 2. The van der Waals surface area contributed by atoms with E-state index in [-0.39, 0.29) is 23.7 Å². The molecule has 1 saturated carbocycles. The molecule has 2 atom stereocenters. The molecule has 2 aromatic carbocycles. The van der Waals surface area contributed by atoms with Gasteiger partial charge in [0, 0.05) is 32.0 Å². The normalized spacial score (nSPS) is 17.5. The molecule has 1 fully saturated rings. The van der Waals surface area contributed by atoms with E-state index >= 15 is 0 Å². The summed E-state index contributed by atoms with van der Waals surface area (Å²) in [4.78, 5) is 26.6. The predicted molar refractivity (Wildman–Crippen MR) is 111 cm³/mol. The number of ether oxygens (including phenoxy) is 1. The van der Waals surface area contributed by atoms with Crippen molar-refractivity contribution >= 4 is 23.2 Å². The summed E-state index contributed by atoms with van der Waals surface area (Å²) in [6.07, 6.45) is 1.33. The number of carbonyl (C=O) groups excluding carboxylic acids is 2. The average Bonchev–Trinajstić information content (AvgIpc) is 3.49. The standard InChI is InChI=1S/C22H27N3O3/c1-25(2)17-9-7-16(8-10-17)24-22(27)20-14-19(20)21(26)23-12-11-15-5-4-6-18(13-15)28-3/h4-10,13,19-20H,11-12,14H2,1-3H3,(H,23,26)(H,24,27). The van der Waals surface area contributed by atoms with Crippen molar-refractivity contribution in [3.8, 4) is 5.75 Å². The van der Waals surface area contributed by atoms with Crippen LogP contribution in [0.3, 0.4) is 0 Å². The molecular formula is C22H27N3O3. The lowest BCUT2D eigenvalue weighted by molar-refractivity contribution is -0.125. The number of hydrogen-bond acceptors (Lipinski definition) is 4. The van der Waals surface area contributed by atoms with Gasteiger partial charge in [0.25, 0.3) is 0 Å². The fourth-order valence-corrected chi connectivity index (χ4v) is 3.14. The van der Waals surface area contributed by atoms with Crippen LogP contribution in [0.2, 0.25) is 0 Å². The highest BCUT2D eigenvalue weighted by Crippen LogP contribution is 2.39. The quantitative estimate of drug-likeness (QED) is 0.738. The Bertz CT molecular complexity index is 833. The van der Waals surface area contributed by atoms with E-state index in [1.54, 1.807) is 7.11 Å². The van der Waals surface area contributed by atoms with Crippen LogP contribution in [-0.2, 0) is 16.0 Å². The molecule has 6 nitrogen and oxygen atoms in total. The van der Waals surface area contributed by atoms with Crippen LogP contribution in [0.25, 0.3) is 0 Å². The Kier molecular flexibility index (Phi) is 6.19. The summed E-state index contributed by atoms with van der Waals surface area (Å²) in [5, 5.41) is 5.83. The summed E-state index contributed by atoms with van der Waals surface area (Å²) in [5.41, 5.74) is 2.92. The van der Waals surface area contributed by atoms with Gasteiger partial charge in [-0.05, 0) is 54.8 Å². The molecule has 6 heteroatoms. The maximum Gasteiger partial charge on any atom is 0.228 e. The largest absolute Gasteiger partial charge is 0.497 e. The molecule has 2 unspecified atom stereocenters. The second-order valence-corrected chi connectivity index (χ2v) is 7.27. The third-order valence-corrected chi connectivity index (χ3v) is 4.96. The minimum Gasteiger partial charge on any atom is -0.497 e. The number of amides is 2. The topological polar surface area (TPSA) is 70.7 Å². The first-order chi connectivity index (χ1) is 13.5. The molecule has 28 heavy (non-hydrogen) atoms. The maximum atomic E-state index is 12.4. The van der Waals surface area contributed by atoms with Crippen molar-refractivity contribution in [3.05, 3.63) is 54.1 Å². The Labute approximate surface area is 165 Å². The number of anilines is 2. The summed E-state index contributed by atoms with van der Waals surface area (Å²) >= 11 is 0. The number of nitrogens with zero attached hydrogens (tertiary/aromatic N) is 1. The number of nitrogens with one attached hydrogen (secondary N) is 2. The van der Waals surface area contributed by atoms with Crippen LogP contribution in [0.1, 0.15) is 12.0 Å². The Morgan fingerprint density at radius 3 is 2.46 bits per heavy atom. The number of rotatable bonds is 8. The van der Waals surface area contributed by atoms with E-state index in [2.05, 4.69) is 10.6 Å². The van der Waals surface area contributed by atoms with E-state index in [0.717, 1.165) is 29.1 Å². The highest BCUT2D eigenvalue weighted by atomic mass is 16.5. The first kappa shape index (κ1) is 19.7. The zero-order valence-electron chi connectivity index (χ0n) is 16.6. The van der Waals surface area contributed by atoms with Gasteiger partial charge in [0.15, 0.2) is 0 Å². The molecule has 0 radical (unpaired) electrons. The highest BCUT2D eigenvalue weighted by molar-refractivity contribution is 5.99. The maximum absolute atomic E-state index is 12.4. The summed E-state index contributed by atoms with van der Waals surface area (Å²) < 4.78 is 5.20. The lowest BCUT2D eigenvalue weighted by atomic mass is 10.1. The molecule has 0 saturated heterocycles. The smallest absolute Gasteiger partial charge is 0.228 e. The number of hydrogen-bond donors (Lipinski definition) is 2. The van der Waals surface area contributed by atoms with Gasteiger partial charge in [-0.1, -0.05) is 12.1 Å². The van der Waals surface area contributed by atoms with Crippen LogP contribution in [0, 0.1) is 11.8 Å². The molecule has 0 aliphatic heterocycles. The van der Waals surface area contributed by atoms with Crippen LogP contribution in [0.15, 0.2) is 48.5 Å². The van der Waals surface area contributed by atoms with Crippen LogP contribution in [0.4, 0.5) is 11.4 Å². The summed E-state index contributed by atoms with van der Waals surface area (Å²) in [7, 11) is 5.57. The molecule has 0 aromatic heterocycles. The van der Waals surface area contributed by atoms with Crippen LogP contribution >= 0.6 is 0 Å². The van der Waals surface area contributed by atoms with Crippen molar-refractivity contribution in [3.63, 3.8) is 0 Å². The zero-order valence-corrected chi connectivity index (χ0v) is 16.6. The fourth-order valence-electron chi connectivity index (χ4n) is 3.14. The average molecular weight is 381 g/mol. The SMILES string of the molecule is COc1cccc(CCNC(=O)C2CC2C(=O)Nc2ccc(N(C)C)cc2)c1. The van der Waals surface area contributed by atoms with E-state index in [9.17, 15) is 9.59 Å². The molecule has 3 rings (SSSR count). The molecule has 1 aliphatic carbocycles. The van der Waals surface area contributed by atoms with Gasteiger partial charge in [-0.3, -0.25) is 9.59 Å². The third-order valence-electron chi connectivity index (χ3n) is 4.96. The Hall–Kier alpha value is -3.02. The summed E-state index contributed by atoms with van der Waals surface area (Å²) in [6, 6.07) is 15.4. The second-order valence-electron chi connectivity index (χ2n) is 7.27. The Balaban J connectivity index is 1.42. The lowest BCUT2D eigenvalue weighted by Gasteiger charge is -2.13. The van der Waals surface area contributed by atoms with Gasteiger partial charge >= 0.3 is 0 Å². The second kappa shape index (κ2) is 8.78. The zero-order chi connectivity index (χ0) is 20.1. The Morgan fingerprint density at radius 1 is 1.07 bits per heavy atom. The minimum atomic E-state index is -0.245. The summed E-state index contributed by atoms with van der Waals surface area (Å²) in [6.45, 7) is 0.544. The molecule has 0 spiro atoms. The van der Waals surface area contributed by atoms with Gasteiger partial charge in [0.1, 0.15) is 5.75 Å². The first-order valence-electron chi connectivity index (χ1n) is 9.47. The molecule has 0 heterocycles. The van der Waals surface area contributed by atoms with Crippen molar-refractivity contribution < 1.29 is 14.3 Å². The van der Waals surface area contributed by atoms with E-state index in [1.165, 1.54) is 0 Å². The van der Waals surface area contributed by atoms with Gasteiger partial charge in [-0.2, -0.15) is 0 Å². The van der Waals surface area contributed by atoms with Crippen LogP contribution in [-0.4, -0.2) is 39.6 Å². The van der Waals surface area contributed by atoms with Crippen LogP contribution in [0.5, 0.6) is 5.75 Å². The van der Waals surface area contributed by atoms with Crippen LogP contribution < -0.4 is 20.3 Å². The molecule has 0 bridgehead atoms. The molecule has 148 valence electrons. The summed E-state index contributed by atoms with van der Waals surface area (Å²) in [5.74, 6) is 0.189. The molecule has 2 amide bonds. The molecule has 2 N–H and O–H groups in total. The third kappa shape index (κ3) is 5.03. The van der Waals surface area contributed by atoms with Gasteiger partial charge in [-0.15, -0.1) is 0 Å². The molecule has 2 aromatic rings. The van der Waals surface area contributed by atoms with E-state index < -0.39 is 0 Å². The molecular weight excluding hydrogens is 354 g/mol. The Morgan fingerprint density at radius 2 is 1.79 bits per heavy atom. The van der Waals surface area contributed by atoms with E-state index in [0.29, 0.717) is 13.0 Å². The molecule has 1 aliphatic rings. The van der Waals surface area contributed by atoms with Gasteiger partial charge in [0.05, 0.1) is 18.9 Å².